The SMILES string of the molecule is Cc1ccc(C2CCCCC23CNC(=O)N3)cc1. The first kappa shape index (κ1) is 11.6. The monoisotopic (exact) mass is 244 g/mol. The van der Waals surface area contributed by atoms with Gasteiger partial charge in [0.2, 0.25) is 0 Å². The first-order chi connectivity index (χ1) is 8.70. The van der Waals surface area contributed by atoms with E-state index in [-0.39, 0.29) is 11.6 Å². The standard InChI is InChI=1S/C15H20N2O/c1-11-5-7-12(8-6-11)13-4-2-3-9-15(13)10-16-14(18)17-15/h5-8,13H,2-4,9-10H2,1H3,(H2,16,17,18). The molecule has 1 saturated carbocycles. The highest BCUT2D eigenvalue weighted by molar-refractivity contribution is 5.78. The van der Waals surface area contributed by atoms with E-state index >= 15 is 0 Å². The van der Waals surface area contributed by atoms with Gasteiger partial charge in [0.1, 0.15) is 0 Å². The van der Waals surface area contributed by atoms with Crippen molar-refractivity contribution in [1.82, 2.24) is 10.6 Å². The number of rotatable bonds is 1. The number of hydrogen-bond donors (Lipinski definition) is 2. The summed E-state index contributed by atoms with van der Waals surface area (Å²) in [5, 5.41) is 6.12. The predicted octanol–water partition coefficient (Wildman–Crippen LogP) is 2.70. The Balaban J connectivity index is 1.92. The Bertz CT molecular complexity index is 454. The fraction of sp³-hybridized carbons (Fsp3) is 0.533. The molecule has 3 heteroatoms. The minimum atomic E-state index is -0.0510. The van der Waals surface area contributed by atoms with Crippen LogP contribution in [0, 0.1) is 6.92 Å². The number of hydrogen-bond acceptors (Lipinski definition) is 1. The van der Waals surface area contributed by atoms with Crippen LogP contribution in [-0.2, 0) is 0 Å². The lowest BCUT2D eigenvalue weighted by Gasteiger charge is -2.40. The first-order valence-electron chi connectivity index (χ1n) is 6.82. The summed E-state index contributed by atoms with van der Waals surface area (Å²) in [6, 6.07) is 8.77. The second kappa shape index (κ2) is 4.30. The van der Waals surface area contributed by atoms with Crippen molar-refractivity contribution in [3.63, 3.8) is 0 Å². The highest BCUT2D eigenvalue weighted by Gasteiger charge is 2.46. The van der Waals surface area contributed by atoms with E-state index in [9.17, 15) is 4.79 Å². The summed E-state index contributed by atoms with van der Waals surface area (Å²) in [4.78, 5) is 11.5. The van der Waals surface area contributed by atoms with Crippen molar-refractivity contribution in [2.45, 2.75) is 44.1 Å². The number of aryl methyl sites for hydroxylation is 1. The molecule has 3 nitrogen and oxygen atoms in total. The fourth-order valence-electron chi connectivity index (χ4n) is 3.44. The van der Waals surface area contributed by atoms with E-state index in [0.717, 1.165) is 13.0 Å². The van der Waals surface area contributed by atoms with Crippen molar-refractivity contribution in [1.29, 1.82) is 0 Å². The predicted molar refractivity (Wildman–Crippen MR) is 71.7 cm³/mol. The second-order valence-corrected chi connectivity index (χ2v) is 5.67. The molecule has 2 amide bonds. The molecule has 2 atom stereocenters. The summed E-state index contributed by atoms with van der Waals surface area (Å²) in [5.74, 6) is 0.450. The molecule has 2 aliphatic rings. The number of carbonyl (C=O) groups excluding carboxylic acids is 1. The Morgan fingerprint density at radius 3 is 2.67 bits per heavy atom. The van der Waals surface area contributed by atoms with E-state index in [1.165, 1.54) is 30.4 Å². The zero-order valence-electron chi connectivity index (χ0n) is 10.8. The van der Waals surface area contributed by atoms with Crippen LogP contribution in [0.2, 0.25) is 0 Å². The molecule has 2 unspecified atom stereocenters. The van der Waals surface area contributed by atoms with Crippen LogP contribution in [0.3, 0.4) is 0 Å². The van der Waals surface area contributed by atoms with Crippen molar-refractivity contribution >= 4 is 6.03 Å². The molecule has 1 heterocycles. The molecule has 0 aromatic heterocycles. The maximum absolute atomic E-state index is 11.5. The van der Waals surface area contributed by atoms with Gasteiger partial charge < -0.3 is 10.6 Å². The zero-order valence-corrected chi connectivity index (χ0v) is 10.8. The second-order valence-electron chi connectivity index (χ2n) is 5.67. The summed E-state index contributed by atoms with van der Waals surface area (Å²) in [6.07, 6.45) is 4.73. The lowest BCUT2D eigenvalue weighted by molar-refractivity contribution is 0.221. The number of carbonyl (C=O) groups is 1. The summed E-state index contributed by atoms with van der Waals surface area (Å²) in [7, 11) is 0. The van der Waals surface area contributed by atoms with Crippen LogP contribution < -0.4 is 10.6 Å². The number of urea groups is 1. The van der Waals surface area contributed by atoms with Gasteiger partial charge >= 0.3 is 6.03 Å². The van der Waals surface area contributed by atoms with Gasteiger partial charge in [0, 0.05) is 12.5 Å². The van der Waals surface area contributed by atoms with Crippen molar-refractivity contribution in [3.05, 3.63) is 35.4 Å². The largest absolute Gasteiger partial charge is 0.336 e. The van der Waals surface area contributed by atoms with E-state index in [4.69, 9.17) is 0 Å². The summed E-state index contributed by atoms with van der Waals surface area (Å²) < 4.78 is 0. The molecule has 3 rings (SSSR count). The van der Waals surface area contributed by atoms with Crippen LogP contribution in [0.5, 0.6) is 0 Å². The topological polar surface area (TPSA) is 41.1 Å². The van der Waals surface area contributed by atoms with Gasteiger partial charge in [-0.3, -0.25) is 0 Å². The molecule has 2 N–H and O–H groups in total. The van der Waals surface area contributed by atoms with Crippen molar-refractivity contribution in [3.8, 4) is 0 Å². The molecule has 2 fully saturated rings. The Hall–Kier alpha value is -1.51. The molecule has 1 aromatic rings. The molecule has 1 aromatic carbocycles. The van der Waals surface area contributed by atoms with Gasteiger partial charge in [0.15, 0.2) is 0 Å². The molecule has 1 spiro atoms. The van der Waals surface area contributed by atoms with Crippen LogP contribution in [0.1, 0.15) is 42.7 Å². The van der Waals surface area contributed by atoms with E-state index in [0.29, 0.717) is 5.92 Å². The lowest BCUT2D eigenvalue weighted by atomic mass is 9.70. The molecule has 0 bridgehead atoms. The molecule has 1 aliphatic carbocycles. The third-order valence-corrected chi connectivity index (χ3v) is 4.44. The van der Waals surface area contributed by atoms with E-state index in [1.807, 2.05) is 0 Å². The first-order valence-corrected chi connectivity index (χ1v) is 6.82. The van der Waals surface area contributed by atoms with Crippen molar-refractivity contribution in [2.75, 3.05) is 6.54 Å². The molecular weight excluding hydrogens is 224 g/mol. The van der Waals surface area contributed by atoms with Gasteiger partial charge in [-0.2, -0.15) is 0 Å². The van der Waals surface area contributed by atoms with Gasteiger partial charge in [0.25, 0.3) is 0 Å². The average molecular weight is 244 g/mol. The maximum Gasteiger partial charge on any atom is 0.315 e. The molecular formula is C15H20N2O. The Labute approximate surface area is 108 Å². The van der Waals surface area contributed by atoms with E-state index in [2.05, 4.69) is 41.8 Å². The minimum absolute atomic E-state index is 0.00554. The van der Waals surface area contributed by atoms with Crippen molar-refractivity contribution < 1.29 is 4.79 Å². The molecule has 18 heavy (non-hydrogen) atoms. The Morgan fingerprint density at radius 2 is 2.00 bits per heavy atom. The number of benzene rings is 1. The highest BCUT2D eigenvalue weighted by Crippen LogP contribution is 2.41. The third-order valence-electron chi connectivity index (χ3n) is 4.44. The maximum atomic E-state index is 11.5. The molecule has 0 radical (unpaired) electrons. The molecule has 1 aliphatic heterocycles. The fourth-order valence-corrected chi connectivity index (χ4v) is 3.44. The van der Waals surface area contributed by atoms with Gasteiger partial charge in [-0.1, -0.05) is 42.7 Å². The third kappa shape index (κ3) is 1.88. The van der Waals surface area contributed by atoms with Crippen LogP contribution >= 0.6 is 0 Å². The van der Waals surface area contributed by atoms with Gasteiger partial charge in [-0.15, -0.1) is 0 Å². The van der Waals surface area contributed by atoms with Gasteiger partial charge in [-0.05, 0) is 25.3 Å². The van der Waals surface area contributed by atoms with E-state index in [1.54, 1.807) is 0 Å². The number of amides is 2. The molecule has 1 saturated heterocycles. The van der Waals surface area contributed by atoms with Crippen molar-refractivity contribution in [2.24, 2.45) is 0 Å². The minimum Gasteiger partial charge on any atom is -0.336 e. The van der Waals surface area contributed by atoms with Crippen LogP contribution in [0.4, 0.5) is 4.79 Å². The smallest absolute Gasteiger partial charge is 0.315 e. The molecule has 96 valence electrons. The van der Waals surface area contributed by atoms with Crippen LogP contribution in [-0.4, -0.2) is 18.1 Å². The summed E-state index contributed by atoms with van der Waals surface area (Å²) >= 11 is 0. The van der Waals surface area contributed by atoms with Crippen LogP contribution in [0.25, 0.3) is 0 Å². The van der Waals surface area contributed by atoms with Gasteiger partial charge in [0.05, 0.1) is 5.54 Å². The Morgan fingerprint density at radius 1 is 1.22 bits per heavy atom. The lowest BCUT2D eigenvalue weighted by Crippen LogP contribution is -2.50. The van der Waals surface area contributed by atoms with Gasteiger partial charge in [-0.25, -0.2) is 4.79 Å². The normalized spacial score (nSPS) is 31.2. The Kier molecular flexibility index (Phi) is 2.77. The quantitative estimate of drug-likeness (QED) is 0.783. The van der Waals surface area contributed by atoms with E-state index < -0.39 is 0 Å². The zero-order chi connectivity index (χ0) is 12.6. The highest BCUT2D eigenvalue weighted by atomic mass is 16.2. The summed E-state index contributed by atoms with van der Waals surface area (Å²) in [5.41, 5.74) is 2.60. The van der Waals surface area contributed by atoms with Crippen LogP contribution in [0.15, 0.2) is 24.3 Å². The number of nitrogens with one attached hydrogen (secondary N) is 2. The average Bonchev–Trinajstić information content (AvgIpc) is 2.73. The summed E-state index contributed by atoms with van der Waals surface area (Å²) in [6.45, 7) is 2.88.